The number of fused-ring (bicyclic) bond motifs is 4. The number of nitrogens with zero attached hydrogens (tertiary/aromatic N) is 5. The van der Waals surface area contributed by atoms with Gasteiger partial charge in [0, 0.05) is 68.2 Å². The van der Waals surface area contributed by atoms with E-state index in [1.165, 1.54) is 6.21 Å². The molecule has 0 spiro atoms. The van der Waals surface area contributed by atoms with Crippen molar-refractivity contribution in [3.63, 3.8) is 0 Å². The lowest BCUT2D eigenvalue weighted by atomic mass is 10.1. The van der Waals surface area contributed by atoms with Gasteiger partial charge in [0.1, 0.15) is 12.4 Å². The molecule has 4 heterocycles. The zero-order valence-electron chi connectivity index (χ0n) is 19.9. The van der Waals surface area contributed by atoms with E-state index < -0.39 is 0 Å². The van der Waals surface area contributed by atoms with E-state index in [9.17, 15) is 4.79 Å². The van der Waals surface area contributed by atoms with Gasteiger partial charge >= 0.3 is 0 Å². The number of ether oxygens (including phenoxy) is 1. The Bertz CT molecular complexity index is 1500. The number of nitrogens with two attached hydrogens (primary N) is 2. The molecule has 1 amide bonds. The molecule has 10 nitrogen and oxygen atoms in total. The summed E-state index contributed by atoms with van der Waals surface area (Å²) in [6.07, 6.45) is 7.03. The zero-order chi connectivity index (χ0) is 24.8. The second kappa shape index (κ2) is 8.56. The van der Waals surface area contributed by atoms with E-state index in [4.69, 9.17) is 20.9 Å². The second-order valence-electron chi connectivity index (χ2n) is 9.07. The Hall–Kier alpha value is -4.60. The minimum absolute atomic E-state index is 0.108. The van der Waals surface area contributed by atoms with E-state index in [0.29, 0.717) is 36.8 Å². The molecular formula is C26H27N8O2+. The number of aromatic nitrogens is 3. The molecule has 182 valence electrons. The van der Waals surface area contributed by atoms with Gasteiger partial charge in [-0.3, -0.25) is 10.2 Å². The Labute approximate surface area is 207 Å². The maximum Gasteiger partial charge on any atom is 0.219 e. The number of nitrogens with one attached hydrogen (secondary N) is 1. The van der Waals surface area contributed by atoms with E-state index in [1.807, 2.05) is 52.0 Å². The molecule has 36 heavy (non-hydrogen) atoms. The number of benzene rings is 2. The molecule has 1 atom stereocenters. The summed E-state index contributed by atoms with van der Waals surface area (Å²) in [5.41, 5.74) is 11.7. The summed E-state index contributed by atoms with van der Waals surface area (Å²) in [6, 6.07) is 11.9. The fourth-order valence-electron chi connectivity index (χ4n) is 4.91. The molecule has 1 saturated heterocycles. The van der Waals surface area contributed by atoms with Crippen LogP contribution in [0.1, 0.15) is 12.5 Å². The van der Waals surface area contributed by atoms with Crippen LogP contribution in [-0.4, -0.2) is 63.7 Å². The number of carbonyl (C=O) groups excluding carboxylic acids is 1. The predicted molar refractivity (Wildman–Crippen MR) is 139 cm³/mol. The van der Waals surface area contributed by atoms with Crippen LogP contribution in [0.2, 0.25) is 0 Å². The van der Waals surface area contributed by atoms with E-state index >= 15 is 0 Å². The average Bonchev–Trinajstić information content (AvgIpc) is 3.37. The van der Waals surface area contributed by atoms with Crippen LogP contribution in [0, 0.1) is 0 Å². The average molecular weight is 484 g/mol. The van der Waals surface area contributed by atoms with Gasteiger partial charge in [0.2, 0.25) is 5.91 Å². The highest BCUT2D eigenvalue weighted by Crippen LogP contribution is 2.38. The van der Waals surface area contributed by atoms with E-state index in [2.05, 4.69) is 21.3 Å². The molecule has 2 aliphatic heterocycles. The van der Waals surface area contributed by atoms with Crippen molar-refractivity contribution in [2.45, 2.75) is 13.0 Å². The van der Waals surface area contributed by atoms with Crippen molar-refractivity contribution in [3.05, 3.63) is 60.6 Å². The molecule has 4 aromatic rings. The number of rotatable bonds is 4. The maximum absolute atomic E-state index is 11.8. The van der Waals surface area contributed by atoms with Gasteiger partial charge in [0.25, 0.3) is 0 Å². The summed E-state index contributed by atoms with van der Waals surface area (Å²) in [6.45, 7) is 4.34. The van der Waals surface area contributed by atoms with Crippen LogP contribution in [-0.2, 0) is 4.79 Å². The van der Waals surface area contributed by atoms with Crippen LogP contribution in [0.4, 0.5) is 22.9 Å². The van der Waals surface area contributed by atoms with Gasteiger partial charge in [0.05, 0.1) is 23.0 Å². The molecular weight excluding hydrogens is 456 g/mol. The van der Waals surface area contributed by atoms with E-state index in [-0.39, 0.29) is 11.9 Å². The predicted octanol–water partition coefficient (Wildman–Crippen LogP) is 1.33. The third-order valence-electron chi connectivity index (χ3n) is 6.83. The highest BCUT2D eigenvalue weighted by molar-refractivity contribution is 5.85. The smallest absolute Gasteiger partial charge is 0.219 e. The molecule has 2 aromatic heterocycles. The van der Waals surface area contributed by atoms with Crippen LogP contribution in [0.25, 0.3) is 16.9 Å². The van der Waals surface area contributed by atoms with Crippen LogP contribution in [0.5, 0.6) is 5.75 Å². The number of piperazine rings is 1. The summed E-state index contributed by atoms with van der Waals surface area (Å²) >= 11 is 0. The molecule has 5 N–H and O–H groups in total. The van der Waals surface area contributed by atoms with Crippen LogP contribution < -0.4 is 26.1 Å². The summed E-state index contributed by atoms with van der Waals surface area (Å²) < 4.78 is 8.04. The Morgan fingerprint density at radius 1 is 1.25 bits per heavy atom. The highest BCUT2D eigenvalue weighted by Gasteiger charge is 2.33. The van der Waals surface area contributed by atoms with Gasteiger partial charge in [-0.15, -0.1) is 0 Å². The van der Waals surface area contributed by atoms with Crippen molar-refractivity contribution in [3.8, 4) is 17.0 Å². The third-order valence-corrected chi connectivity index (χ3v) is 6.83. The Kier molecular flexibility index (Phi) is 5.21. The zero-order valence-corrected chi connectivity index (χ0v) is 19.9. The molecule has 0 saturated carbocycles. The largest absolute Gasteiger partial charge is 0.489 e. The lowest BCUT2D eigenvalue weighted by Gasteiger charge is -2.45. The first-order chi connectivity index (χ1) is 17.5. The van der Waals surface area contributed by atoms with Crippen molar-refractivity contribution >= 4 is 40.6 Å². The van der Waals surface area contributed by atoms with Gasteiger partial charge in [-0.1, -0.05) is 6.07 Å². The number of carbonyl (C=O) groups is 1. The first kappa shape index (κ1) is 21.9. The minimum Gasteiger partial charge on any atom is -0.489 e. The SMILES string of the molecule is CC(=O)N1CCN2c3ccc(Nc4nc(-c5ccc(C=[NH2+])c(N)c5)cn5ccnc45)cc3OC[C@H]2C1. The molecule has 0 unspecified atom stereocenters. The summed E-state index contributed by atoms with van der Waals surface area (Å²) in [5.74, 6) is 1.54. The molecule has 2 aliphatic rings. The number of anilines is 4. The van der Waals surface area contributed by atoms with Crippen molar-refractivity contribution < 1.29 is 14.9 Å². The standard InChI is InChI=1S/C26H26N8O2/c1-16(35)32-8-9-34-20(13-32)15-36-24-11-19(4-5-23(24)34)30-25-26-29-6-7-33(26)14-22(31-25)17-2-3-18(12-27)21(28)10-17/h2-7,10-12,14,20,27H,8-9,13,15,28H2,1H3,(H,30,31)/p+1/t20-/m1/s1. The molecule has 6 rings (SSSR count). The summed E-state index contributed by atoms with van der Waals surface area (Å²) in [5, 5.41) is 9.06. The number of hydrogen-bond acceptors (Lipinski definition) is 7. The maximum atomic E-state index is 11.8. The number of amides is 1. The molecule has 0 bridgehead atoms. The lowest BCUT2D eigenvalue weighted by molar-refractivity contribution is -0.129. The minimum atomic E-state index is 0.108. The quantitative estimate of drug-likeness (QED) is 0.295. The molecule has 1 fully saturated rings. The van der Waals surface area contributed by atoms with Crippen LogP contribution in [0.3, 0.4) is 0 Å². The van der Waals surface area contributed by atoms with Crippen molar-refractivity contribution in [1.29, 1.82) is 0 Å². The van der Waals surface area contributed by atoms with Crippen molar-refractivity contribution in [2.24, 2.45) is 0 Å². The monoisotopic (exact) mass is 483 g/mol. The number of imidazole rings is 1. The second-order valence-corrected chi connectivity index (χ2v) is 9.07. The van der Waals surface area contributed by atoms with Gasteiger partial charge < -0.3 is 30.0 Å². The summed E-state index contributed by atoms with van der Waals surface area (Å²) in [4.78, 5) is 25.4. The Morgan fingerprint density at radius 3 is 2.94 bits per heavy atom. The fraction of sp³-hybridized carbons (Fsp3) is 0.231. The van der Waals surface area contributed by atoms with Crippen molar-refractivity contribution in [2.75, 3.05) is 42.2 Å². The molecule has 10 heteroatoms. The van der Waals surface area contributed by atoms with Gasteiger partial charge in [-0.05, 0) is 24.3 Å². The van der Waals surface area contributed by atoms with Gasteiger partial charge in [-0.25, -0.2) is 9.97 Å². The first-order valence-corrected chi connectivity index (χ1v) is 11.8. The fourth-order valence-corrected chi connectivity index (χ4v) is 4.91. The van der Waals surface area contributed by atoms with E-state index in [1.54, 1.807) is 13.1 Å². The Balaban J connectivity index is 1.30. The molecule has 0 radical (unpaired) electrons. The number of hydrogen-bond donors (Lipinski definition) is 3. The van der Waals surface area contributed by atoms with Crippen molar-refractivity contribution in [1.82, 2.24) is 19.3 Å². The van der Waals surface area contributed by atoms with Crippen LogP contribution >= 0.6 is 0 Å². The molecule has 0 aliphatic carbocycles. The van der Waals surface area contributed by atoms with Gasteiger partial charge in [-0.2, -0.15) is 0 Å². The number of nitrogen functional groups attached to an aromatic ring is 1. The topological polar surface area (TPSA) is 127 Å². The van der Waals surface area contributed by atoms with Gasteiger partial charge in [0.15, 0.2) is 17.7 Å². The third kappa shape index (κ3) is 3.76. The lowest BCUT2D eigenvalue weighted by Crippen LogP contribution is -2.58. The first-order valence-electron chi connectivity index (χ1n) is 11.8. The summed E-state index contributed by atoms with van der Waals surface area (Å²) in [7, 11) is 0. The Morgan fingerprint density at radius 2 is 2.14 bits per heavy atom. The van der Waals surface area contributed by atoms with E-state index in [0.717, 1.165) is 40.5 Å². The highest BCUT2D eigenvalue weighted by atomic mass is 16.5. The van der Waals surface area contributed by atoms with Crippen LogP contribution in [0.15, 0.2) is 55.0 Å². The molecule has 2 aromatic carbocycles. The normalized spacial score (nSPS) is 16.8.